The van der Waals surface area contributed by atoms with E-state index in [1.54, 1.807) is 24.4 Å². The van der Waals surface area contributed by atoms with E-state index in [1.165, 1.54) is 6.26 Å². The third-order valence-corrected chi connectivity index (χ3v) is 3.32. The van der Waals surface area contributed by atoms with E-state index in [0.29, 0.717) is 4.90 Å². The van der Waals surface area contributed by atoms with E-state index in [0.717, 1.165) is 10.8 Å². The zero-order valence-corrected chi connectivity index (χ0v) is 10.9. The Morgan fingerprint density at radius 1 is 1.20 bits per heavy atom. The van der Waals surface area contributed by atoms with E-state index in [1.807, 2.05) is 6.20 Å². The number of nitrogens with one attached hydrogen (secondary N) is 1. The first kappa shape index (κ1) is 16.0. The van der Waals surface area contributed by atoms with Crippen LogP contribution >= 0.6 is 0 Å². The number of aromatic nitrogens is 1. The van der Waals surface area contributed by atoms with Crippen molar-refractivity contribution in [2.45, 2.75) is 11.1 Å². The number of carboxylic acids is 1. The maximum atomic E-state index is 11.2. The van der Waals surface area contributed by atoms with Gasteiger partial charge in [0.05, 0.1) is 4.90 Å². The number of benzene rings is 1. The number of sulfone groups is 1. The Kier molecular flexibility index (Phi) is 4.43. The second kappa shape index (κ2) is 5.53. The number of aliphatic carboxylic acids is 1. The third-order valence-electron chi connectivity index (χ3n) is 2.21. The van der Waals surface area contributed by atoms with Crippen LogP contribution in [0.4, 0.5) is 13.2 Å². The molecule has 0 saturated heterocycles. The van der Waals surface area contributed by atoms with Gasteiger partial charge in [-0.15, -0.1) is 0 Å². The molecule has 5 nitrogen and oxygen atoms in total. The predicted octanol–water partition coefficient (Wildman–Crippen LogP) is 2.20. The van der Waals surface area contributed by atoms with Crippen LogP contribution in [-0.2, 0) is 14.6 Å². The molecule has 2 aromatic rings. The number of hydrogen-bond acceptors (Lipinski definition) is 3. The molecule has 0 atom stereocenters. The number of H-pyrrole nitrogens is 1. The Balaban J connectivity index is 0.000000246. The summed E-state index contributed by atoms with van der Waals surface area (Å²) in [5.41, 5.74) is 0. The molecule has 0 amide bonds. The molecule has 9 heteroatoms. The summed E-state index contributed by atoms with van der Waals surface area (Å²) in [5, 5.41) is 9.07. The first-order valence-corrected chi connectivity index (χ1v) is 6.97. The highest BCUT2D eigenvalue weighted by Gasteiger charge is 2.38. The van der Waals surface area contributed by atoms with Gasteiger partial charge >= 0.3 is 12.1 Å². The van der Waals surface area contributed by atoms with Crippen LogP contribution in [0, 0.1) is 0 Å². The molecule has 110 valence electrons. The Hall–Kier alpha value is -2.03. The molecule has 1 aromatic carbocycles. The van der Waals surface area contributed by atoms with E-state index in [-0.39, 0.29) is 0 Å². The van der Waals surface area contributed by atoms with Crippen LogP contribution in [-0.4, -0.2) is 36.9 Å². The van der Waals surface area contributed by atoms with Gasteiger partial charge in [0, 0.05) is 24.0 Å². The molecule has 0 bridgehead atoms. The molecule has 0 aliphatic carbocycles. The van der Waals surface area contributed by atoms with Gasteiger partial charge in [-0.2, -0.15) is 13.2 Å². The number of carboxylic acid groups (broad SMARTS) is 1. The first-order chi connectivity index (χ1) is 9.01. The van der Waals surface area contributed by atoms with Gasteiger partial charge in [-0.3, -0.25) is 0 Å². The Morgan fingerprint density at radius 2 is 1.70 bits per heavy atom. The molecular formula is C11H10F3NO4S. The van der Waals surface area contributed by atoms with E-state index >= 15 is 0 Å². The smallest absolute Gasteiger partial charge is 0.475 e. The Bertz CT molecular complexity index is 719. The van der Waals surface area contributed by atoms with Gasteiger partial charge in [-0.05, 0) is 17.5 Å². The summed E-state index contributed by atoms with van der Waals surface area (Å²) in [6.07, 6.45) is -0.258. The van der Waals surface area contributed by atoms with Gasteiger partial charge in [-0.25, -0.2) is 13.2 Å². The molecular weight excluding hydrogens is 299 g/mol. The highest BCUT2D eigenvalue weighted by Crippen LogP contribution is 2.18. The van der Waals surface area contributed by atoms with E-state index in [4.69, 9.17) is 9.90 Å². The molecule has 2 rings (SSSR count). The highest BCUT2D eigenvalue weighted by molar-refractivity contribution is 7.90. The lowest BCUT2D eigenvalue weighted by Gasteiger charge is -1.96. The van der Waals surface area contributed by atoms with E-state index in [9.17, 15) is 21.6 Å². The maximum Gasteiger partial charge on any atom is 0.490 e. The number of hydrogen-bond donors (Lipinski definition) is 2. The monoisotopic (exact) mass is 309 g/mol. The van der Waals surface area contributed by atoms with Crippen molar-refractivity contribution in [1.29, 1.82) is 0 Å². The van der Waals surface area contributed by atoms with Crippen molar-refractivity contribution >= 4 is 26.6 Å². The molecule has 0 spiro atoms. The molecule has 2 N–H and O–H groups in total. The number of halogens is 3. The van der Waals surface area contributed by atoms with Crippen molar-refractivity contribution in [3.8, 4) is 0 Å². The SMILES string of the molecule is CS(=O)(=O)c1ccc2c[nH]cc2c1.O=C(O)C(F)(F)F. The van der Waals surface area contributed by atoms with Crippen LogP contribution < -0.4 is 0 Å². The van der Waals surface area contributed by atoms with Crippen LogP contribution in [0.3, 0.4) is 0 Å². The molecule has 1 aromatic heterocycles. The lowest BCUT2D eigenvalue weighted by Crippen LogP contribution is -2.21. The number of carbonyl (C=O) groups is 1. The summed E-state index contributed by atoms with van der Waals surface area (Å²) < 4.78 is 54.1. The molecule has 0 aliphatic rings. The van der Waals surface area contributed by atoms with Gasteiger partial charge in [0.15, 0.2) is 9.84 Å². The van der Waals surface area contributed by atoms with Gasteiger partial charge in [-0.1, -0.05) is 6.07 Å². The van der Waals surface area contributed by atoms with Crippen LogP contribution in [0.1, 0.15) is 0 Å². The number of rotatable bonds is 1. The second-order valence-corrected chi connectivity index (χ2v) is 5.84. The Labute approximate surface area is 112 Å². The molecule has 0 unspecified atom stereocenters. The summed E-state index contributed by atoms with van der Waals surface area (Å²) in [7, 11) is -3.09. The summed E-state index contributed by atoms with van der Waals surface area (Å²) in [5.74, 6) is -2.76. The fourth-order valence-electron chi connectivity index (χ4n) is 1.26. The van der Waals surface area contributed by atoms with Gasteiger partial charge in [0.1, 0.15) is 0 Å². The number of aromatic amines is 1. The minimum Gasteiger partial charge on any atom is -0.475 e. The lowest BCUT2D eigenvalue weighted by molar-refractivity contribution is -0.192. The second-order valence-electron chi connectivity index (χ2n) is 3.82. The lowest BCUT2D eigenvalue weighted by atomic mass is 10.2. The van der Waals surface area contributed by atoms with E-state index in [2.05, 4.69) is 4.98 Å². The van der Waals surface area contributed by atoms with Crippen molar-refractivity contribution < 1.29 is 31.5 Å². The van der Waals surface area contributed by atoms with Crippen LogP contribution in [0.5, 0.6) is 0 Å². The fraction of sp³-hybridized carbons (Fsp3) is 0.182. The van der Waals surface area contributed by atoms with Crippen molar-refractivity contribution in [3.05, 3.63) is 30.6 Å². The maximum absolute atomic E-state index is 11.2. The largest absolute Gasteiger partial charge is 0.490 e. The average molecular weight is 309 g/mol. The molecule has 0 fully saturated rings. The van der Waals surface area contributed by atoms with Crippen molar-refractivity contribution in [1.82, 2.24) is 4.98 Å². The van der Waals surface area contributed by atoms with Gasteiger partial charge in [0.25, 0.3) is 0 Å². The number of alkyl halides is 3. The molecule has 0 saturated carbocycles. The highest BCUT2D eigenvalue weighted by atomic mass is 32.2. The Morgan fingerprint density at radius 3 is 2.15 bits per heavy atom. The molecule has 0 aliphatic heterocycles. The van der Waals surface area contributed by atoms with Gasteiger partial charge in [0.2, 0.25) is 0 Å². The summed E-state index contributed by atoms with van der Waals surface area (Å²) in [4.78, 5) is 12.2. The number of fused-ring (bicyclic) bond motifs is 1. The topological polar surface area (TPSA) is 87.2 Å². The zero-order valence-electron chi connectivity index (χ0n) is 10.1. The fourth-order valence-corrected chi connectivity index (χ4v) is 1.92. The minimum atomic E-state index is -5.08. The van der Waals surface area contributed by atoms with Crippen molar-refractivity contribution in [2.75, 3.05) is 6.26 Å². The van der Waals surface area contributed by atoms with E-state index < -0.39 is 22.0 Å². The normalized spacial score (nSPS) is 11.8. The standard InChI is InChI=1S/C9H9NO2S.C2HF3O2/c1-13(11,12)9-3-2-7-5-10-6-8(7)4-9;3-2(4,5)1(6)7/h2-6,10H,1H3;(H,6,7). The summed E-state index contributed by atoms with van der Waals surface area (Å²) in [6.45, 7) is 0. The summed E-state index contributed by atoms with van der Waals surface area (Å²) in [6, 6.07) is 5.08. The van der Waals surface area contributed by atoms with Crippen LogP contribution in [0.25, 0.3) is 10.8 Å². The quantitative estimate of drug-likeness (QED) is 0.845. The van der Waals surface area contributed by atoms with Gasteiger partial charge < -0.3 is 10.1 Å². The van der Waals surface area contributed by atoms with Crippen molar-refractivity contribution in [3.63, 3.8) is 0 Å². The first-order valence-electron chi connectivity index (χ1n) is 5.08. The molecule has 0 radical (unpaired) electrons. The zero-order chi connectivity index (χ0) is 15.6. The molecule has 20 heavy (non-hydrogen) atoms. The van der Waals surface area contributed by atoms with Crippen molar-refractivity contribution in [2.24, 2.45) is 0 Å². The minimum absolute atomic E-state index is 0.361. The predicted molar refractivity (Wildman–Crippen MR) is 65.1 cm³/mol. The average Bonchev–Trinajstić information content (AvgIpc) is 2.73. The van der Waals surface area contributed by atoms with Crippen LogP contribution in [0.2, 0.25) is 0 Å². The third kappa shape index (κ3) is 4.26. The van der Waals surface area contributed by atoms with Crippen LogP contribution in [0.15, 0.2) is 35.5 Å². The summed E-state index contributed by atoms with van der Waals surface area (Å²) >= 11 is 0. The molecule has 1 heterocycles.